The van der Waals surface area contributed by atoms with E-state index in [-0.39, 0.29) is 0 Å². The molecule has 4 bridgehead atoms. The van der Waals surface area contributed by atoms with Crippen molar-refractivity contribution in [2.45, 2.75) is 294 Å². The van der Waals surface area contributed by atoms with Crippen molar-refractivity contribution in [1.29, 1.82) is 0 Å². The van der Waals surface area contributed by atoms with Crippen LogP contribution in [0.3, 0.4) is 0 Å². The maximum Gasteiger partial charge on any atom is 0.0411 e. The summed E-state index contributed by atoms with van der Waals surface area (Å²) in [6.07, 6.45) is 18.2. The molecule has 0 saturated heterocycles. The van der Waals surface area contributed by atoms with Gasteiger partial charge in [-0.3, -0.25) is 0 Å². The summed E-state index contributed by atoms with van der Waals surface area (Å²) in [7, 11) is -0.611. The minimum Gasteiger partial charge on any atom is -0.0697 e. The molecule has 87 heavy (non-hydrogen) atoms. The second-order valence-electron chi connectivity index (χ2n) is 32.4. The van der Waals surface area contributed by atoms with Crippen LogP contribution in [0.4, 0.5) is 0 Å². The normalized spacial score (nSPS) is 17.9. The average molecular weight is 1200 g/mol. The van der Waals surface area contributed by atoms with Crippen LogP contribution >= 0.6 is 0 Å². The van der Waals surface area contributed by atoms with Gasteiger partial charge in [-0.25, -0.2) is 0 Å². The fourth-order valence-electron chi connectivity index (χ4n) is 11.8. The second-order valence-corrected chi connectivity index (χ2v) is 38.4. The standard InChI is InChI=1S/C13H20.C11H18.C11H10.C10H14.C9H12.C7H14.C7H8.2C5H12.C4H12Si.C4H10/c1-9(2)12-7-6-8-13(10(3)4)11(12)5;1-11-5-8-2-9(6-11)4-10(3-8)7-11;1-9-5-4-7-10-6-2-3-8-11(9)10;1-7-5-8(2)10(4)9(3)6-7;1-8(2)9-6-4-3-5-7-9;2*1-7-5-3-2-4-6-7;1-5(2,3)4;1-4-5(2)3;1-5(2,3)4;1-4(2)3/h6-10H,1-5H3;8-10H,2-7H2,1H3;2-8H,1H3;5-6H,1-4H3;3-8H,1-2H3;7H,2-6H2,1H3;2-6H,1H3;1-4H3;5H,4H2,1-3H3;1-4H3;4H,1-3H3. The Kier molecular flexibility index (Phi) is 41.4. The third-order valence-corrected chi connectivity index (χ3v) is 16.2. The van der Waals surface area contributed by atoms with Crippen LogP contribution in [0.25, 0.3) is 10.8 Å². The summed E-state index contributed by atoms with van der Waals surface area (Å²) in [5, 5.41) is 2.68. The van der Waals surface area contributed by atoms with Crippen molar-refractivity contribution in [2.75, 3.05) is 0 Å². The highest BCUT2D eigenvalue weighted by molar-refractivity contribution is 6.74. The molecule has 0 spiro atoms. The smallest absolute Gasteiger partial charge is 0.0411 e. The van der Waals surface area contributed by atoms with Gasteiger partial charge in [-0.05, 0) is 206 Å². The zero-order valence-corrected chi connectivity index (χ0v) is 63.9. The first-order valence-corrected chi connectivity index (χ1v) is 39.0. The monoisotopic (exact) mass is 1200 g/mol. The quantitative estimate of drug-likeness (QED) is 0.154. The molecule has 0 atom stereocenters. The maximum atomic E-state index is 2.54. The number of aryl methyl sites for hydroxylation is 5. The van der Waals surface area contributed by atoms with Gasteiger partial charge in [-0.2, -0.15) is 0 Å². The summed E-state index contributed by atoms with van der Waals surface area (Å²) in [4.78, 5) is 0. The van der Waals surface area contributed by atoms with Gasteiger partial charge < -0.3 is 0 Å². The molecular weight excluding hydrogens is 1060 g/mol. The summed E-state index contributed by atoms with van der Waals surface area (Å²) in [5.41, 5.74) is 15.4. The highest BCUT2D eigenvalue weighted by atomic mass is 28.3. The first kappa shape index (κ1) is 82.8. The molecule has 0 nitrogen and oxygen atoms in total. The van der Waals surface area contributed by atoms with Gasteiger partial charge in [0.15, 0.2) is 0 Å². The lowest BCUT2D eigenvalue weighted by Crippen LogP contribution is -2.44. The lowest BCUT2D eigenvalue weighted by atomic mass is 9.50. The van der Waals surface area contributed by atoms with Gasteiger partial charge in [-0.1, -0.05) is 334 Å². The van der Waals surface area contributed by atoms with Crippen molar-refractivity contribution in [3.8, 4) is 0 Å². The van der Waals surface area contributed by atoms with E-state index >= 15 is 0 Å². The van der Waals surface area contributed by atoms with Crippen LogP contribution in [0.5, 0.6) is 0 Å². The SMILES string of the molecule is CC(C)(C)C.CC(C)C.CC(C)c1ccccc1.CC12CC3CC(CC(C3)C1)C2.CC1CCCCC1.CCC(C)C.C[Si](C)(C)C.Cc1c(C(C)C)cccc1C(C)C.Cc1cc(C)c(C)c(C)c1.Cc1cccc2ccccc12.Cc1ccccc1. The Morgan fingerprint density at radius 1 is 0.460 bits per heavy atom. The Bertz CT molecular complexity index is 2520. The number of hydrogen-bond acceptors (Lipinski definition) is 0. The Balaban J connectivity index is 0.000000952. The van der Waals surface area contributed by atoms with E-state index in [1.807, 2.05) is 24.3 Å². The molecule has 0 heterocycles. The third-order valence-electron chi connectivity index (χ3n) is 16.2. The average Bonchev–Trinajstić information content (AvgIpc) is 0.901. The molecule has 0 unspecified atom stereocenters. The molecule has 0 N–H and O–H groups in total. The summed E-state index contributed by atoms with van der Waals surface area (Å²) in [6, 6.07) is 46.7. The van der Waals surface area contributed by atoms with E-state index in [1.165, 1.54) is 105 Å². The molecule has 1 heteroatoms. The van der Waals surface area contributed by atoms with Crippen LogP contribution < -0.4 is 0 Å². The fourth-order valence-corrected chi connectivity index (χ4v) is 11.8. The highest BCUT2D eigenvalue weighted by Crippen LogP contribution is 2.59. The third kappa shape index (κ3) is 41.7. The van der Waals surface area contributed by atoms with Crippen molar-refractivity contribution in [2.24, 2.45) is 46.3 Å². The topological polar surface area (TPSA) is 0 Å². The van der Waals surface area contributed by atoms with E-state index in [4.69, 9.17) is 0 Å². The van der Waals surface area contributed by atoms with Crippen LogP contribution in [0.1, 0.15) is 275 Å². The van der Waals surface area contributed by atoms with Gasteiger partial charge in [0.1, 0.15) is 0 Å². The largest absolute Gasteiger partial charge is 0.0697 e. The summed E-state index contributed by atoms with van der Waals surface area (Å²) in [6.45, 7) is 64.6. The minimum atomic E-state index is -0.611. The van der Waals surface area contributed by atoms with Crippen LogP contribution in [0.2, 0.25) is 26.2 Å². The van der Waals surface area contributed by atoms with Crippen molar-refractivity contribution in [3.63, 3.8) is 0 Å². The molecule has 5 fully saturated rings. The second kappa shape index (κ2) is 43.5. The fraction of sp³-hybridized carbons (Fsp3) is 0.605. The molecule has 5 aliphatic rings. The number of rotatable bonds is 4. The van der Waals surface area contributed by atoms with Crippen molar-refractivity contribution >= 4 is 18.8 Å². The van der Waals surface area contributed by atoms with E-state index < -0.39 is 8.07 Å². The molecule has 5 aliphatic carbocycles. The first-order chi connectivity index (χ1) is 40.4. The first-order valence-electron chi connectivity index (χ1n) is 35.0. The van der Waals surface area contributed by atoms with E-state index in [0.717, 1.165) is 40.9 Å². The lowest BCUT2D eigenvalue weighted by Gasteiger charge is -2.55. The van der Waals surface area contributed by atoms with E-state index in [1.54, 1.807) is 38.5 Å². The molecule has 0 radical (unpaired) electrons. The van der Waals surface area contributed by atoms with Crippen molar-refractivity contribution < 1.29 is 0 Å². The van der Waals surface area contributed by atoms with Crippen LogP contribution in [-0.2, 0) is 0 Å². The maximum absolute atomic E-state index is 2.54. The van der Waals surface area contributed by atoms with Gasteiger partial charge in [0.25, 0.3) is 0 Å². The molecular formula is C86H142Si. The van der Waals surface area contributed by atoms with Gasteiger partial charge >= 0.3 is 0 Å². The van der Waals surface area contributed by atoms with Gasteiger partial charge in [0.2, 0.25) is 0 Å². The number of hydrogen-bond donors (Lipinski definition) is 0. The highest BCUT2D eigenvalue weighted by Gasteiger charge is 2.48. The summed E-state index contributed by atoms with van der Waals surface area (Å²) >= 11 is 0. The Labute approximate surface area is 545 Å². The zero-order valence-electron chi connectivity index (χ0n) is 62.9. The Hall–Kier alpha value is -4.20. The van der Waals surface area contributed by atoms with Gasteiger partial charge in [0, 0.05) is 8.07 Å². The Morgan fingerprint density at radius 3 is 1.11 bits per heavy atom. The number of fused-ring (bicyclic) bond motifs is 1. The molecule has 0 aromatic heterocycles. The summed E-state index contributed by atoms with van der Waals surface area (Å²) < 4.78 is 0. The van der Waals surface area contributed by atoms with E-state index in [0.29, 0.717) is 23.2 Å². The number of benzene rings is 6. The van der Waals surface area contributed by atoms with Gasteiger partial charge in [0.05, 0.1) is 0 Å². The lowest BCUT2D eigenvalue weighted by molar-refractivity contribution is -0.0411. The minimum absolute atomic E-state index is 0.500. The van der Waals surface area contributed by atoms with E-state index in [2.05, 4.69) is 308 Å². The summed E-state index contributed by atoms with van der Waals surface area (Å²) in [5.74, 6) is 8.12. The van der Waals surface area contributed by atoms with Crippen LogP contribution in [0.15, 0.2) is 133 Å². The predicted octanol–water partition coefficient (Wildman–Crippen LogP) is 28.6. The van der Waals surface area contributed by atoms with Crippen LogP contribution in [0, 0.1) is 94.8 Å². The van der Waals surface area contributed by atoms with E-state index in [9.17, 15) is 0 Å². The molecule has 11 rings (SSSR count). The molecule has 5 saturated carbocycles. The zero-order chi connectivity index (χ0) is 66.7. The molecule has 0 aliphatic heterocycles. The molecule has 0 amide bonds. The van der Waals surface area contributed by atoms with Gasteiger partial charge in [-0.15, -0.1) is 0 Å². The molecule has 6 aromatic carbocycles. The van der Waals surface area contributed by atoms with Crippen molar-refractivity contribution in [3.05, 3.63) is 189 Å². The molecule has 490 valence electrons. The molecule has 6 aromatic rings. The Morgan fingerprint density at radius 2 is 0.816 bits per heavy atom. The predicted molar refractivity (Wildman–Crippen MR) is 404 cm³/mol. The van der Waals surface area contributed by atoms with Crippen molar-refractivity contribution in [1.82, 2.24) is 0 Å². The van der Waals surface area contributed by atoms with Crippen LogP contribution in [-0.4, -0.2) is 8.07 Å².